The first-order chi connectivity index (χ1) is 11.0. The van der Waals surface area contributed by atoms with Crippen molar-refractivity contribution in [2.75, 3.05) is 0 Å². The fraction of sp³-hybridized carbons (Fsp3) is 0. The average molecular weight is 361 g/mol. The van der Waals surface area contributed by atoms with E-state index in [1.165, 1.54) is 6.08 Å². The number of hydrogen-bond donors (Lipinski definition) is 0. The lowest BCUT2D eigenvalue weighted by atomic mass is 10.1. The number of ketones is 1. The number of rotatable bonds is 3. The van der Waals surface area contributed by atoms with Gasteiger partial charge in [-0.1, -0.05) is 52.7 Å². The zero-order valence-corrected chi connectivity index (χ0v) is 14.1. The van der Waals surface area contributed by atoms with E-state index in [0.29, 0.717) is 10.0 Å². The first-order valence-corrected chi connectivity index (χ1v) is 8.31. The van der Waals surface area contributed by atoms with Gasteiger partial charge in [0.05, 0.1) is 5.56 Å². The predicted molar refractivity (Wildman–Crippen MR) is 97.9 cm³/mol. The molecule has 0 fully saturated rings. The summed E-state index contributed by atoms with van der Waals surface area (Å²) in [7, 11) is 0. The number of allylic oxidation sites excluding steroid dienone is 1. The second-order valence-electron chi connectivity index (χ2n) is 4.88. The summed E-state index contributed by atoms with van der Waals surface area (Å²) in [5.74, 6) is -0.330. The van der Waals surface area contributed by atoms with E-state index >= 15 is 0 Å². The minimum atomic E-state index is -0.330. The number of halogens is 2. The van der Waals surface area contributed by atoms with Crippen molar-refractivity contribution in [2.45, 2.75) is 0 Å². The Bertz CT molecular complexity index is 972. The van der Waals surface area contributed by atoms with Crippen LogP contribution in [0.25, 0.3) is 16.2 Å². The minimum Gasteiger partial charge on any atom is -0.289 e. The van der Waals surface area contributed by atoms with Crippen molar-refractivity contribution in [3.63, 3.8) is 0 Å². The van der Waals surface area contributed by atoms with E-state index < -0.39 is 0 Å². The number of hydrogen-bond acceptors (Lipinski definition) is 3. The standard InChI is InChI=1S/C18H10Cl2O2S/c19-13-4-1-11(2-5-13)3-7-16(21)15-10-12-9-14(20)6-8-17(12)23-18(15)22/h1-10H/b7-3-. The summed E-state index contributed by atoms with van der Waals surface area (Å²) in [5.41, 5.74) is 0.984. The molecule has 0 radical (unpaired) electrons. The van der Waals surface area contributed by atoms with E-state index in [4.69, 9.17) is 23.2 Å². The van der Waals surface area contributed by atoms with Crippen molar-refractivity contribution in [3.8, 4) is 0 Å². The Labute approximate surface area is 146 Å². The average Bonchev–Trinajstić information content (AvgIpc) is 2.54. The quantitative estimate of drug-likeness (QED) is 0.458. The molecule has 23 heavy (non-hydrogen) atoms. The molecule has 0 spiro atoms. The lowest BCUT2D eigenvalue weighted by molar-refractivity contribution is 0.104. The van der Waals surface area contributed by atoms with Crippen LogP contribution in [0.1, 0.15) is 15.9 Å². The summed E-state index contributed by atoms with van der Waals surface area (Å²) in [6, 6.07) is 13.9. The van der Waals surface area contributed by atoms with E-state index in [2.05, 4.69) is 0 Å². The van der Waals surface area contributed by atoms with Crippen molar-refractivity contribution >= 4 is 56.5 Å². The molecule has 0 saturated heterocycles. The first-order valence-electron chi connectivity index (χ1n) is 6.74. The van der Waals surface area contributed by atoms with Crippen molar-refractivity contribution in [1.29, 1.82) is 0 Å². The van der Waals surface area contributed by atoms with Gasteiger partial charge >= 0.3 is 0 Å². The molecule has 0 atom stereocenters. The van der Waals surface area contributed by atoms with Crippen molar-refractivity contribution in [2.24, 2.45) is 0 Å². The third-order valence-electron chi connectivity index (χ3n) is 3.26. The smallest absolute Gasteiger partial charge is 0.244 e. The molecule has 3 aromatic rings. The van der Waals surface area contributed by atoms with Gasteiger partial charge in [0.1, 0.15) is 0 Å². The third kappa shape index (κ3) is 3.70. The number of benzene rings is 2. The van der Waals surface area contributed by atoms with E-state index in [1.54, 1.807) is 54.6 Å². The van der Waals surface area contributed by atoms with Crippen LogP contribution < -0.4 is 4.74 Å². The van der Waals surface area contributed by atoms with Crippen LogP contribution in [0.2, 0.25) is 10.0 Å². The monoisotopic (exact) mass is 360 g/mol. The zero-order valence-electron chi connectivity index (χ0n) is 11.8. The normalized spacial score (nSPS) is 11.2. The molecular weight excluding hydrogens is 351 g/mol. The molecule has 2 aromatic carbocycles. The second kappa shape index (κ2) is 6.67. The molecule has 0 amide bonds. The molecule has 0 aliphatic carbocycles. The molecule has 0 bridgehead atoms. The molecule has 2 nitrogen and oxygen atoms in total. The van der Waals surface area contributed by atoms with E-state index in [-0.39, 0.29) is 16.1 Å². The second-order valence-corrected chi connectivity index (χ2v) is 6.77. The maximum Gasteiger partial charge on any atom is 0.244 e. The molecule has 3 rings (SSSR count). The molecular formula is C18H10Cl2O2S. The Morgan fingerprint density at radius 2 is 1.65 bits per heavy atom. The maximum atomic E-state index is 12.3. The van der Waals surface area contributed by atoms with Crippen LogP contribution >= 0.6 is 34.5 Å². The molecule has 0 unspecified atom stereocenters. The predicted octanol–water partition coefficient (Wildman–Crippen LogP) is 5.46. The summed E-state index contributed by atoms with van der Waals surface area (Å²) in [5, 5.41) is 1.98. The SMILES string of the molecule is O=C(/C=C\c1ccc(Cl)cc1)c1cc2cc(Cl)ccc2sc1=O. The van der Waals surface area contributed by atoms with Crippen LogP contribution in [-0.4, -0.2) is 5.78 Å². The zero-order chi connectivity index (χ0) is 16.4. The molecule has 1 heterocycles. The summed E-state index contributed by atoms with van der Waals surface area (Å²) in [6.45, 7) is 0. The van der Waals surface area contributed by atoms with Gasteiger partial charge in [-0.3, -0.25) is 9.59 Å². The van der Waals surface area contributed by atoms with Crippen LogP contribution in [0.3, 0.4) is 0 Å². The third-order valence-corrected chi connectivity index (χ3v) is 4.74. The first kappa shape index (κ1) is 15.9. The summed E-state index contributed by atoms with van der Waals surface area (Å²) >= 11 is 12.8. The Kier molecular flexibility index (Phi) is 4.62. The van der Waals surface area contributed by atoms with Crippen LogP contribution in [-0.2, 0) is 0 Å². The van der Waals surface area contributed by atoms with Gasteiger partial charge in [0.2, 0.25) is 4.74 Å². The number of fused-ring (bicyclic) bond motifs is 1. The molecule has 0 N–H and O–H groups in total. The highest BCUT2D eigenvalue weighted by atomic mass is 35.5. The Morgan fingerprint density at radius 3 is 2.39 bits per heavy atom. The highest BCUT2D eigenvalue weighted by Gasteiger charge is 2.10. The van der Waals surface area contributed by atoms with Gasteiger partial charge < -0.3 is 0 Å². The highest BCUT2D eigenvalue weighted by Crippen LogP contribution is 2.22. The summed E-state index contributed by atoms with van der Waals surface area (Å²) in [4.78, 5) is 24.4. The lowest BCUT2D eigenvalue weighted by Crippen LogP contribution is -2.09. The maximum absolute atomic E-state index is 12.3. The number of carbonyl (C=O) groups is 1. The van der Waals surface area contributed by atoms with E-state index in [1.807, 2.05) is 0 Å². The summed E-state index contributed by atoms with van der Waals surface area (Å²) < 4.78 is 0.545. The van der Waals surface area contributed by atoms with Crippen LogP contribution in [0.5, 0.6) is 0 Å². The molecule has 0 saturated carbocycles. The molecule has 0 aliphatic rings. The van der Waals surface area contributed by atoms with Crippen LogP contribution in [0.15, 0.2) is 59.4 Å². The van der Waals surface area contributed by atoms with E-state index in [0.717, 1.165) is 27.0 Å². The van der Waals surface area contributed by atoms with Crippen LogP contribution in [0, 0.1) is 0 Å². The Balaban J connectivity index is 1.95. The Morgan fingerprint density at radius 1 is 0.957 bits per heavy atom. The van der Waals surface area contributed by atoms with Gasteiger partial charge in [-0.15, -0.1) is 0 Å². The highest BCUT2D eigenvalue weighted by molar-refractivity contribution is 7.16. The van der Waals surface area contributed by atoms with Gasteiger partial charge in [0.15, 0.2) is 5.78 Å². The van der Waals surface area contributed by atoms with Gasteiger partial charge in [0.25, 0.3) is 0 Å². The molecule has 5 heteroatoms. The van der Waals surface area contributed by atoms with Gasteiger partial charge in [-0.05, 0) is 53.4 Å². The van der Waals surface area contributed by atoms with Gasteiger partial charge in [-0.25, -0.2) is 0 Å². The lowest BCUT2D eigenvalue weighted by Gasteiger charge is -2.00. The largest absolute Gasteiger partial charge is 0.289 e. The van der Waals surface area contributed by atoms with Gasteiger partial charge in [-0.2, -0.15) is 0 Å². The van der Waals surface area contributed by atoms with Crippen molar-refractivity contribution in [3.05, 3.63) is 85.3 Å². The Hall–Kier alpha value is -1.94. The summed E-state index contributed by atoms with van der Waals surface area (Å²) in [6.07, 6.45) is 3.05. The fourth-order valence-electron chi connectivity index (χ4n) is 2.10. The molecule has 1 aromatic heterocycles. The van der Waals surface area contributed by atoms with Gasteiger partial charge in [0, 0.05) is 14.7 Å². The van der Waals surface area contributed by atoms with Crippen LogP contribution in [0.4, 0.5) is 0 Å². The van der Waals surface area contributed by atoms with E-state index in [9.17, 15) is 9.59 Å². The van der Waals surface area contributed by atoms with Crippen molar-refractivity contribution in [1.82, 2.24) is 0 Å². The topological polar surface area (TPSA) is 34.1 Å². The molecule has 114 valence electrons. The molecule has 0 aliphatic heterocycles. The number of carbonyl (C=O) groups excluding carboxylic acids is 1. The van der Waals surface area contributed by atoms with Crippen molar-refractivity contribution < 1.29 is 4.79 Å². The minimum absolute atomic E-state index is 0.148. The fourth-order valence-corrected chi connectivity index (χ4v) is 3.25.